The lowest BCUT2D eigenvalue weighted by molar-refractivity contribution is -0.137. The SMILES string of the molecule is CN(Cc1ccc(CN)cc1)c1ccccc1C(F)(F)F. The standard InChI is InChI=1S/C16H17F3N2/c1-21(11-13-8-6-12(10-20)7-9-13)15-5-3-2-4-14(15)16(17,18)19/h2-9H,10-11,20H2,1H3. The predicted molar refractivity (Wildman–Crippen MR) is 77.9 cm³/mol. The van der Waals surface area contributed by atoms with Gasteiger partial charge in [0.05, 0.1) is 5.56 Å². The van der Waals surface area contributed by atoms with Crippen LogP contribution in [0.5, 0.6) is 0 Å². The van der Waals surface area contributed by atoms with Gasteiger partial charge in [-0.15, -0.1) is 0 Å². The van der Waals surface area contributed by atoms with Crippen molar-refractivity contribution >= 4 is 5.69 Å². The van der Waals surface area contributed by atoms with Gasteiger partial charge in [-0.3, -0.25) is 0 Å². The number of nitrogens with two attached hydrogens (primary N) is 1. The van der Waals surface area contributed by atoms with Crippen LogP contribution in [-0.4, -0.2) is 7.05 Å². The van der Waals surface area contributed by atoms with Crippen LogP contribution in [-0.2, 0) is 19.3 Å². The molecule has 0 heterocycles. The minimum Gasteiger partial charge on any atom is -0.370 e. The largest absolute Gasteiger partial charge is 0.418 e. The number of alkyl halides is 3. The number of hydrogen-bond donors (Lipinski definition) is 1. The van der Waals surface area contributed by atoms with Crippen LogP contribution in [0.2, 0.25) is 0 Å². The summed E-state index contributed by atoms with van der Waals surface area (Å²) >= 11 is 0. The van der Waals surface area contributed by atoms with Crippen LogP contribution in [0.4, 0.5) is 18.9 Å². The van der Waals surface area contributed by atoms with Gasteiger partial charge in [-0.1, -0.05) is 36.4 Å². The second-order valence-electron chi connectivity index (χ2n) is 4.89. The first-order chi connectivity index (χ1) is 9.91. The Labute approximate surface area is 122 Å². The summed E-state index contributed by atoms with van der Waals surface area (Å²) in [7, 11) is 1.65. The maximum atomic E-state index is 13.0. The minimum atomic E-state index is -4.35. The van der Waals surface area contributed by atoms with Crippen molar-refractivity contribution in [3.8, 4) is 0 Å². The average molecular weight is 294 g/mol. The van der Waals surface area contributed by atoms with E-state index in [2.05, 4.69) is 0 Å². The Kier molecular flexibility index (Phi) is 4.53. The number of nitrogens with zero attached hydrogens (tertiary/aromatic N) is 1. The molecule has 112 valence electrons. The summed E-state index contributed by atoms with van der Waals surface area (Å²) in [4.78, 5) is 1.60. The van der Waals surface area contributed by atoms with Crippen molar-refractivity contribution in [1.29, 1.82) is 0 Å². The van der Waals surface area contributed by atoms with Crippen molar-refractivity contribution in [2.24, 2.45) is 5.73 Å². The zero-order valence-electron chi connectivity index (χ0n) is 11.7. The Morgan fingerprint density at radius 1 is 0.952 bits per heavy atom. The van der Waals surface area contributed by atoms with Gasteiger partial charge in [0.25, 0.3) is 0 Å². The molecule has 2 aromatic rings. The molecule has 0 aliphatic heterocycles. The van der Waals surface area contributed by atoms with E-state index in [1.807, 2.05) is 24.3 Å². The summed E-state index contributed by atoms with van der Waals surface area (Å²) in [6.07, 6.45) is -4.35. The quantitative estimate of drug-likeness (QED) is 0.929. The van der Waals surface area contributed by atoms with Crippen molar-refractivity contribution in [2.45, 2.75) is 19.3 Å². The van der Waals surface area contributed by atoms with Gasteiger partial charge in [0, 0.05) is 25.8 Å². The molecular formula is C16H17F3N2. The Bertz CT molecular complexity index is 591. The second kappa shape index (κ2) is 6.18. The van der Waals surface area contributed by atoms with Crippen LogP contribution in [0.1, 0.15) is 16.7 Å². The number of para-hydroxylation sites is 1. The maximum Gasteiger partial charge on any atom is 0.418 e. The highest BCUT2D eigenvalue weighted by Crippen LogP contribution is 2.36. The third kappa shape index (κ3) is 3.76. The smallest absolute Gasteiger partial charge is 0.370 e. The second-order valence-corrected chi connectivity index (χ2v) is 4.89. The average Bonchev–Trinajstić information content (AvgIpc) is 2.47. The topological polar surface area (TPSA) is 29.3 Å². The van der Waals surface area contributed by atoms with Crippen molar-refractivity contribution in [3.05, 3.63) is 65.2 Å². The number of benzene rings is 2. The normalized spacial score (nSPS) is 11.5. The van der Waals surface area contributed by atoms with Crippen molar-refractivity contribution in [1.82, 2.24) is 0 Å². The van der Waals surface area contributed by atoms with Crippen molar-refractivity contribution < 1.29 is 13.2 Å². The zero-order valence-corrected chi connectivity index (χ0v) is 11.7. The van der Waals surface area contributed by atoms with E-state index >= 15 is 0 Å². The Hall–Kier alpha value is -2.01. The van der Waals surface area contributed by atoms with Gasteiger partial charge in [-0.05, 0) is 23.3 Å². The van der Waals surface area contributed by atoms with E-state index in [-0.39, 0.29) is 5.69 Å². The molecule has 0 atom stereocenters. The molecule has 0 spiro atoms. The van der Waals surface area contributed by atoms with Gasteiger partial charge in [0.15, 0.2) is 0 Å². The van der Waals surface area contributed by atoms with Crippen LogP contribution in [0.25, 0.3) is 0 Å². The lowest BCUT2D eigenvalue weighted by Gasteiger charge is -2.23. The molecule has 0 fully saturated rings. The zero-order chi connectivity index (χ0) is 15.5. The minimum absolute atomic E-state index is 0.174. The van der Waals surface area contributed by atoms with Gasteiger partial charge < -0.3 is 10.6 Å². The summed E-state index contributed by atoms with van der Waals surface area (Å²) in [5.41, 5.74) is 7.01. The highest BCUT2D eigenvalue weighted by atomic mass is 19.4. The Balaban J connectivity index is 2.22. The molecule has 2 nitrogen and oxygen atoms in total. The number of rotatable bonds is 4. The van der Waals surface area contributed by atoms with Gasteiger partial charge in [-0.2, -0.15) is 13.2 Å². The Morgan fingerprint density at radius 3 is 2.10 bits per heavy atom. The summed E-state index contributed by atoms with van der Waals surface area (Å²) in [5, 5.41) is 0. The first-order valence-corrected chi connectivity index (χ1v) is 6.57. The molecular weight excluding hydrogens is 277 g/mol. The molecule has 0 aromatic heterocycles. The molecule has 0 saturated carbocycles. The van der Waals surface area contributed by atoms with Crippen LogP contribution >= 0.6 is 0 Å². The fraction of sp³-hybridized carbons (Fsp3) is 0.250. The van der Waals surface area contributed by atoms with Crippen LogP contribution in [0.3, 0.4) is 0 Å². The summed E-state index contributed by atoms with van der Waals surface area (Å²) < 4.78 is 39.0. The molecule has 2 N–H and O–H groups in total. The number of halogens is 3. The molecule has 5 heteroatoms. The summed E-state index contributed by atoms with van der Waals surface area (Å²) in [6, 6.07) is 13.1. The van der Waals surface area contributed by atoms with Crippen molar-refractivity contribution in [3.63, 3.8) is 0 Å². The van der Waals surface area contributed by atoms with Gasteiger partial charge in [0.1, 0.15) is 0 Å². The lowest BCUT2D eigenvalue weighted by atomic mass is 10.1. The molecule has 0 aliphatic carbocycles. The summed E-state index contributed by atoms with van der Waals surface area (Å²) in [5.74, 6) is 0. The lowest BCUT2D eigenvalue weighted by Crippen LogP contribution is -2.20. The Morgan fingerprint density at radius 2 is 1.52 bits per heavy atom. The van der Waals surface area contributed by atoms with Crippen LogP contribution < -0.4 is 10.6 Å². The molecule has 0 amide bonds. The first-order valence-electron chi connectivity index (χ1n) is 6.57. The van der Waals surface area contributed by atoms with Gasteiger partial charge in [-0.25, -0.2) is 0 Å². The first kappa shape index (κ1) is 15.4. The number of hydrogen-bond acceptors (Lipinski definition) is 2. The highest BCUT2D eigenvalue weighted by molar-refractivity contribution is 5.54. The van der Waals surface area contributed by atoms with E-state index in [1.165, 1.54) is 12.1 Å². The fourth-order valence-electron chi connectivity index (χ4n) is 2.19. The molecule has 2 rings (SSSR count). The highest BCUT2D eigenvalue weighted by Gasteiger charge is 2.33. The van der Waals surface area contributed by atoms with E-state index in [9.17, 15) is 13.2 Å². The van der Waals surface area contributed by atoms with Crippen LogP contribution in [0.15, 0.2) is 48.5 Å². The van der Waals surface area contributed by atoms with Gasteiger partial charge >= 0.3 is 6.18 Å². The third-order valence-electron chi connectivity index (χ3n) is 3.30. The van der Waals surface area contributed by atoms with Crippen LogP contribution in [0, 0.1) is 0 Å². The predicted octanol–water partition coefficient (Wildman–Crippen LogP) is 3.80. The van der Waals surface area contributed by atoms with Gasteiger partial charge in [0.2, 0.25) is 0 Å². The van der Waals surface area contributed by atoms with E-state index in [0.29, 0.717) is 13.1 Å². The molecule has 21 heavy (non-hydrogen) atoms. The van der Waals surface area contributed by atoms with E-state index in [0.717, 1.165) is 17.2 Å². The molecule has 0 unspecified atom stereocenters. The molecule has 0 aliphatic rings. The van der Waals surface area contributed by atoms with E-state index in [4.69, 9.17) is 5.73 Å². The number of anilines is 1. The van der Waals surface area contributed by atoms with E-state index < -0.39 is 11.7 Å². The van der Waals surface area contributed by atoms with Crippen molar-refractivity contribution in [2.75, 3.05) is 11.9 Å². The maximum absolute atomic E-state index is 13.0. The van der Waals surface area contributed by atoms with E-state index in [1.54, 1.807) is 18.0 Å². The molecule has 0 radical (unpaired) electrons. The summed E-state index contributed by atoms with van der Waals surface area (Å²) in [6.45, 7) is 0.852. The third-order valence-corrected chi connectivity index (χ3v) is 3.30. The molecule has 2 aromatic carbocycles. The molecule has 0 saturated heterocycles. The monoisotopic (exact) mass is 294 g/mol. The fourth-order valence-corrected chi connectivity index (χ4v) is 2.19. The molecule has 0 bridgehead atoms.